The maximum Gasteiger partial charge on any atom is 0.115 e. The fraction of sp³-hybridized carbons (Fsp3) is 0.571. The van der Waals surface area contributed by atoms with Crippen molar-refractivity contribution in [1.82, 2.24) is 0 Å². The molecule has 1 rings (SSSR count). The van der Waals surface area contributed by atoms with E-state index in [1.807, 2.05) is 32.9 Å². The van der Waals surface area contributed by atoms with Gasteiger partial charge in [-0.15, -0.1) is 0 Å². The topological polar surface area (TPSA) is 29.5 Å². The van der Waals surface area contributed by atoms with Crippen molar-refractivity contribution >= 4 is 0 Å². The molecule has 16 heavy (non-hydrogen) atoms. The molecular weight excluding hydrogens is 200 g/mol. The Balaban J connectivity index is 3.26. The molecule has 1 aromatic carbocycles. The lowest BCUT2D eigenvalue weighted by molar-refractivity contribution is -0.0704. The van der Waals surface area contributed by atoms with Crippen molar-refractivity contribution in [1.29, 1.82) is 0 Å². The highest BCUT2D eigenvalue weighted by atomic mass is 16.5. The molecule has 1 atom stereocenters. The third-order valence-corrected chi connectivity index (χ3v) is 3.39. The molecule has 0 aliphatic rings. The minimum Gasteiger partial charge on any atom is -0.382 e. The second-order valence-electron chi connectivity index (χ2n) is 4.76. The van der Waals surface area contributed by atoms with Crippen LogP contribution in [0.5, 0.6) is 0 Å². The Hall–Kier alpha value is -0.860. The lowest BCUT2D eigenvalue weighted by Gasteiger charge is -2.33. The number of hydrogen-bond acceptors (Lipinski definition) is 2. The van der Waals surface area contributed by atoms with E-state index in [-0.39, 0.29) is 5.92 Å². The molecular formula is C14H22O2. The first-order chi connectivity index (χ1) is 7.43. The molecule has 2 nitrogen and oxygen atoms in total. The van der Waals surface area contributed by atoms with Crippen molar-refractivity contribution in [2.75, 3.05) is 13.7 Å². The molecule has 90 valence electrons. The van der Waals surface area contributed by atoms with Crippen LogP contribution in [0.15, 0.2) is 18.2 Å². The Labute approximate surface area is 98.3 Å². The van der Waals surface area contributed by atoms with Gasteiger partial charge in [0.1, 0.15) is 5.60 Å². The number of hydrogen-bond donors (Lipinski definition) is 1. The lowest BCUT2D eigenvalue weighted by Crippen LogP contribution is -2.37. The van der Waals surface area contributed by atoms with E-state index in [4.69, 9.17) is 4.74 Å². The van der Waals surface area contributed by atoms with Gasteiger partial charge in [0, 0.05) is 7.11 Å². The monoisotopic (exact) mass is 222 g/mol. The van der Waals surface area contributed by atoms with Crippen LogP contribution in [0.1, 0.15) is 30.5 Å². The van der Waals surface area contributed by atoms with E-state index in [0.29, 0.717) is 6.61 Å². The Morgan fingerprint density at radius 2 is 1.94 bits per heavy atom. The minimum atomic E-state index is -0.898. The largest absolute Gasteiger partial charge is 0.382 e. The quantitative estimate of drug-likeness (QED) is 0.849. The fourth-order valence-electron chi connectivity index (χ4n) is 2.00. The number of benzene rings is 1. The zero-order valence-corrected chi connectivity index (χ0v) is 10.9. The molecule has 0 amide bonds. The second-order valence-corrected chi connectivity index (χ2v) is 4.76. The van der Waals surface area contributed by atoms with Crippen LogP contribution >= 0.6 is 0 Å². The summed E-state index contributed by atoms with van der Waals surface area (Å²) in [5, 5.41) is 10.7. The first kappa shape index (κ1) is 13.2. The maximum atomic E-state index is 10.7. The molecule has 0 fully saturated rings. The number of rotatable bonds is 4. The summed E-state index contributed by atoms with van der Waals surface area (Å²) in [6, 6.07) is 6.04. The van der Waals surface area contributed by atoms with Crippen LogP contribution in [0.3, 0.4) is 0 Å². The van der Waals surface area contributed by atoms with Gasteiger partial charge in [0.2, 0.25) is 0 Å². The molecule has 1 N–H and O–H groups in total. The van der Waals surface area contributed by atoms with Gasteiger partial charge in [0.05, 0.1) is 6.61 Å². The lowest BCUT2D eigenvalue weighted by atomic mass is 9.81. The summed E-state index contributed by atoms with van der Waals surface area (Å²) >= 11 is 0. The molecule has 0 saturated heterocycles. The third-order valence-electron chi connectivity index (χ3n) is 3.39. The van der Waals surface area contributed by atoms with Gasteiger partial charge in [-0.05, 0) is 36.5 Å². The molecule has 0 aromatic heterocycles. The van der Waals surface area contributed by atoms with Gasteiger partial charge in [-0.1, -0.05) is 32.0 Å². The predicted octanol–water partition coefficient (Wildman–Crippen LogP) is 2.79. The molecule has 0 aliphatic carbocycles. The van der Waals surface area contributed by atoms with Crippen LogP contribution in [0.2, 0.25) is 0 Å². The smallest absolute Gasteiger partial charge is 0.115 e. The van der Waals surface area contributed by atoms with Crippen molar-refractivity contribution < 1.29 is 9.84 Å². The molecule has 1 aromatic rings. The van der Waals surface area contributed by atoms with Crippen molar-refractivity contribution in [2.24, 2.45) is 5.92 Å². The van der Waals surface area contributed by atoms with E-state index >= 15 is 0 Å². The average Bonchev–Trinajstić information content (AvgIpc) is 2.22. The number of aryl methyl sites for hydroxylation is 1. The van der Waals surface area contributed by atoms with Gasteiger partial charge in [-0.25, -0.2) is 0 Å². The molecule has 0 bridgehead atoms. The molecule has 0 radical (unpaired) electrons. The van der Waals surface area contributed by atoms with E-state index in [1.54, 1.807) is 7.11 Å². The van der Waals surface area contributed by atoms with Gasteiger partial charge >= 0.3 is 0 Å². The van der Waals surface area contributed by atoms with Crippen LogP contribution in [0.4, 0.5) is 0 Å². The van der Waals surface area contributed by atoms with Crippen LogP contribution in [0.25, 0.3) is 0 Å². The molecule has 1 unspecified atom stereocenters. The van der Waals surface area contributed by atoms with Gasteiger partial charge in [0.25, 0.3) is 0 Å². The van der Waals surface area contributed by atoms with Gasteiger partial charge in [-0.3, -0.25) is 0 Å². The Kier molecular flexibility index (Phi) is 4.11. The highest BCUT2D eigenvalue weighted by Gasteiger charge is 2.34. The Bertz CT molecular complexity index is 358. The van der Waals surface area contributed by atoms with Crippen LogP contribution < -0.4 is 0 Å². The van der Waals surface area contributed by atoms with E-state index in [2.05, 4.69) is 13.0 Å². The third kappa shape index (κ3) is 2.28. The summed E-state index contributed by atoms with van der Waals surface area (Å²) in [6.45, 7) is 8.47. The summed E-state index contributed by atoms with van der Waals surface area (Å²) < 4.78 is 5.17. The van der Waals surface area contributed by atoms with E-state index in [0.717, 1.165) is 11.1 Å². The number of ether oxygens (including phenoxy) is 1. The zero-order chi connectivity index (χ0) is 12.3. The second kappa shape index (κ2) is 4.98. The summed E-state index contributed by atoms with van der Waals surface area (Å²) in [5.74, 6) is 0.118. The SMILES string of the molecule is COCC(O)(c1cccc(C)c1C)C(C)C. The fourth-order valence-corrected chi connectivity index (χ4v) is 2.00. The first-order valence-corrected chi connectivity index (χ1v) is 5.71. The molecule has 2 heteroatoms. The van der Waals surface area contributed by atoms with Crippen LogP contribution in [-0.4, -0.2) is 18.8 Å². The molecule has 0 heterocycles. The molecule has 0 aliphatic heterocycles. The number of methoxy groups -OCH3 is 1. The molecule has 0 spiro atoms. The maximum absolute atomic E-state index is 10.7. The van der Waals surface area contributed by atoms with Crippen molar-refractivity contribution in [3.63, 3.8) is 0 Å². The molecule has 0 saturated carbocycles. The van der Waals surface area contributed by atoms with E-state index in [1.165, 1.54) is 5.56 Å². The van der Waals surface area contributed by atoms with Crippen molar-refractivity contribution in [3.8, 4) is 0 Å². The summed E-state index contributed by atoms with van der Waals surface area (Å²) in [4.78, 5) is 0. The summed E-state index contributed by atoms with van der Waals surface area (Å²) in [6.07, 6.45) is 0. The number of aliphatic hydroxyl groups is 1. The van der Waals surface area contributed by atoms with Crippen molar-refractivity contribution in [3.05, 3.63) is 34.9 Å². The van der Waals surface area contributed by atoms with E-state index in [9.17, 15) is 5.11 Å². The summed E-state index contributed by atoms with van der Waals surface area (Å²) in [7, 11) is 1.62. The van der Waals surface area contributed by atoms with Gasteiger partial charge in [-0.2, -0.15) is 0 Å². The van der Waals surface area contributed by atoms with Crippen LogP contribution in [-0.2, 0) is 10.3 Å². The van der Waals surface area contributed by atoms with Gasteiger partial charge < -0.3 is 9.84 Å². The van der Waals surface area contributed by atoms with E-state index < -0.39 is 5.60 Å². The normalized spacial score (nSPS) is 15.2. The Morgan fingerprint density at radius 1 is 1.31 bits per heavy atom. The average molecular weight is 222 g/mol. The first-order valence-electron chi connectivity index (χ1n) is 5.71. The zero-order valence-electron chi connectivity index (χ0n) is 10.9. The Morgan fingerprint density at radius 3 is 2.44 bits per heavy atom. The van der Waals surface area contributed by atoms with Gasteiger partial charge in [0.15, 0.2) is 0 Å². The van der Waals surface area contributed by atoms with Crippen LogP contribution in [0, 0.1) is 19.8 Å². The minimum absolute atomic E-state index is 0.118. The standard InChI is InChI=1S/C14H22O2/c1-10(2)14(15,9-16-5)13-8-6-7-11(3)12(13)4/h6-8,10,15H,9H2,1-5H3. The van der Waals surface area contributed by atoms with Crippen molar-refractivity contribution in [2.45, 2.75) is 33.3 Å². The predicted molar refractivity (Wildman–Crippen MR) is 66.5 cm³/mol. The highest BCUT2D eigenvalue weighted by molar-refractivity contribution is 5.37. The highest BCUT2D eigenvalue weighted by Crippen LogP contribution is 2.33. The summed E-state index contributed by atoms with van der Waals surface area (Å²) in [5.41, 5.74) is 2.43.